The molecule has 0 radical (unpaired) electrons. The van der Waals surface area contributed by atoms with Gasteiger partial charge in [0, 0.05) is 6.20 Å². The average Bonchev–Trinajstić information content (AvgIpc) is 3.20. The van der Waals surface area contributed by atoms with Crippen molar-refractivity contribution in [2.24, 2.45) is 0 Å². The monoisotopic (exact) mass is 332 g/mol. The predicted octanol–water partition coefficient (Wildman–Crippen LogP) is 2.98. The lowest BCUT2D eigenvalue weighted by Gasteiger charge is -2.12. The number of ether oxygens (including phenoxy) is 1. The number of aromatic nitrogens is 2. The molecular weight excluding hydrogens is 316 g/mol. The summed E-state index contributed by atoms with van der Waals surface area (Å²) in [5.74, 6) is 0.317. The number of H-pyrrole nitrogens is 1. The van der Waals surface area contributed by atoms with Crippen LogP contribution in [0.3, 0.4) is 0 Å². The predicted molar refractivity (Wildman–Crippen MR) is 91.6 cm³/mol. The van der Waals surface area contributed by atoms with Crippen molar-refractivity contribution in [2.75, 3.05) is 0 Å². The fourth-order valence-electron chi connectivity index (χ4n) is 2.28. The number of benzene rings is 2. The second kappa shape index (κ2) is 7.79. The highest BCUT2D eigenvalue weighted by atomic mass is 16.5. The Balaban J connectivity index is 1.62. The Morgan fingerprint density at radius 3 is 2.56 bits per heavy atom. The Hall–Kier alpha value is -3.59. The maximum atomic E-state index is 12.0. The minimum Gasteiger partial charge on any atom is -0.489 e. The van der Waals surface area contributed by atoms with Crippen molar-refractivity contribution in [2.45, 2.75) is 12.6 Å². The Bertz CT molecular complexity index is 853. The standard InChI is InChI=1S/C19H16N4O2/c20-12-18(22-19(24)17-10-11-21-23-17)15-6-8-16(9-7-15)25-13-14-4-2-1-3-5-14/h1-11,18H,13H2,(H,21,23)(H,22,24). The van der Waals surface area contributed by atoms with Crippen LogP contribution in [0.25, 0.3) is 0 Å². The van der Waals surface area contributed by atoms with Crippen LogP contribution in [0.15, 0.2) is 66.9 Å². The van der Waals surface area contributed by atoms with E-state index < -0.39 is 6.04 Å². The molecule has 6 nitrogen and oxygen atoms in total. The van der Waals surface area contributed by atoms with Crippen molar-refractivity contribution < 1.29 is 9.53 Å². The summed E-state index contributed by atoms with van der Waals surface area (Å²) in [6, 6.07) is 19.8. The third kappa shape index (κ3) is 4.24. The van der Waals surface area contributed by atoms with Crippen molar-refractivity contribution in [1.82, 2.24) is 15.5 Å². The van der Waals surface area contributed by atoms with Gasteiger partial charge in [-0.3, -0.25) is 9.89 Å². The fourth-order valence-corrected chi connectivity index (χ4v) is 2.28. The minimum absolute atomic E-state index is 0.308. The van der Waals surface area contributed by atoms with E-state index in [9.17, 15) is 10.1 Å². The quantitative estimate of drug-likeness (QED) is 0.726. The number of nitrogens with one attached hydrogen (secondary N) is 2. The van der Waals surface area contributed by atoms with E-state index in [2.05, 4.69) is 21.6 Å². The summed E-state index contributed by atoms with van der Waals surface area (Å²) in [5, 5.41) is 18.3. The van der Waals surface area contributed by atoms with E-state index in [-0.39, 0.29) is 5.91 Å². The molecule has 0 aliphatic rings. The Kier molecular flexibility index (Phi) is 5.07. The van der Waals surface area contributed by atoms with Gasteiger partial charge in [-0.05, 0) is 29.3 Å². The lowest BCUT2D eigenvalue weighted by molar-refractivity contribution is 0.0940. The minimum atomic E-state index is -0.751. The molecule has 2 N–H and O–H groups in total. The molecule has 1 amide bonds. The highest BCUT2D eigenvalue weighted by molar-refractivity contribution is 5.92. The van der Waals surface area contributed by atoms with Crippen LogP contribution in [0.1, 0.15) is 27.7 Å². The molecule has 6 heteroatoms. The number of hydrogen-bond donors (Lipinski definition) is 2. The molecule has 124 valence electrons. The van der Waals surface area contributed by atoms with Gasteiger partial charge in [-0.15, -0.1) is 0 Å². The van der Waals surface area contributed by atoms with Crippen LogP contribution in [0, 0.1) is 11.3 Å². The number of nitrogens with zero attached hydrogens (tertiary/aromatic N) is 2. The third-order valence-corrected chi connectivity index (χ3v) is 3.61. The van der Waals surface area contributed by atoms with Crippen LogP contribution in [-0.4, -0.2) is 16.1 Å². The molecule has 0 fully saturated rings. The van der Waals surface area contributed by atoms with Crippen LogP contribution < -0.4 is 10.1 Å². The first-order valence-corrected chi connectivity index (χ1v) is 7.73. The SMILES string of the molecule is N#CC(NC(=O)c1ccn[nH]1)c1ccc(OCc2ccccc2)cc1. The second-order valence-electron chi connectivity index (χ2n) is 5.35. The first kappa shape index (κ1) is 16.3. The van der Waals surface area contributed by atoms with Crippen molar-refractivity contribution in [3.8, 4) is 11.8 Å². The molecular formula is C19H16N4O2. The second-order valence-corrected chi connectivity index (χ2v) is 5.35. The molecule has 1 aromatic heterocycles. The first-order chi connectivity index (χ1) is 12.3. The molecule has 1 heterocycles. The number of aromatic amines is 1. The fraction of sp³-hybridized carbons (Fsp3) is 0.105. The molecule has 0 aliphatic carbocycles. The van der Waals surface area contributed by atoms with Gasteiger partial charge in [0.2, 0.25) is 0 Å². The van der Waals surface area contributed by atoms with E-state index in [0.717, 1.165) is 5.56 Å². The topological polar surface area (TPSA) is 90.8 Å². The summed E-state index contributed by atoms with van der Waals surface area (Å²) in [5.41, 5.74) is 2.07. The van der Waals surface area contributed by atoms with E-state index in [4.69, 9.17) is 4.74 Å². The molecule has 3 aromatic rings. The molecule has 1 unspecified atom stereocenters. The van der Waals surface area contributed by atoms with Gasteiger partial charge in [-0.2, -0.15) is 10.4 Å². The van der Waals surface area contributed by atoms with Crippen LogP contribution >= 0.6 is 0 Å². The summed E-state index contributed by atoms with van der Waals surface area (Å²) in [7, 11) is 0. The highest BCUT2D eigenvalue weighted by Crippen LogP contribution is 2.19. The highest BCUT2D eigenvalue weighted by Gasteiger charge is 2.16. The summed E-state index contributed by atoms with van der Waals surface area (Å²) in [6.45, 7) is 0.471. The van der Waals surface area contributed by atoms with E-state index >= 15 is 0 Å². The average molecular weight is 332 g/mol. The van der Waals surface area contributed by atoms with Gasteiger partial charge in [-0.25, -0.2) is 0 Å². The van der Waals surface area contributed by atoms with Crippen LogP contribution in [0.5, 0.6) is 5.75 Å². The molecule has 0 bridgehead atoms. The van der Waals surface area contributed by atoms with Crippen molar-refractivity contribution in [3.05, 3.63) is 83.7 Å². The van der Waals surface area contributed by atoms with Gasteiger partial charge < -0.3 is 10.1 Å². The number of nitriles is 1. The number of amides is 1. The molecule has 0 aliphatic heterocycles. The summed E-state index contributed by atoms with van der Waals surface area (Å²) >= 11 is 0. The Labute approximate surface area is 145 Å². The Morgan fingerprint density at radius 2 is 1.92 bits per heavy atom. The van der Waals surface area contributed by atoms with Crippen molar-refractivity contribution in [1.29, 1.82) is 5.26 Å². The number of rotatable bonds is 6. The molecule has 0 saturated carbocycles. The molecule has 25 heavy (non-hydrogen) atoms. The zero-order chi connectivity index (χ0) is 17.5. The van der Waals surface area contributed by atoms with Gasteiger partial charge in [0.1, 0.15) is 24.1 Å². The normalized spacial score (nSPS) is 11.3. The number of carbonyl (C=O) groups is 1. The van der Waals surface area contributed by atoms with Gasteiger partial charge in [0.25, 0.3) is 5.91 Å². The molecule has 0 saturated heterocycles. The number of carbonyl (C=O) groups excluding carboxylic acids is 1. The summed E-state index contributed by atoms with van der Waals surface area (Å²) in [6.07, 6.45) is 1.48. The van der Waals surface area contributed by atoms with Crippen molar-refractivity contribution in [3.63, 3.8) is 0 Å². The lowest BCUT2D eigenvalue weighted by atomic mass is 10.1. The summed E-state index contributed by atoms with van der Waals surface area (Å²) < 4.78 is 5.72. The Morgan fingerprint density at radius 1 is 1.16 bits per heavy atom. The molecule has 1 atom stereocenters. The molecule has 3 rings (SSSR count). The van der Waals surface area contributed by atoms with Crippen LogP contribution in [-0.2, 0) is 6.61 Å². The van der Waals surface area contributed by atoms with Gasteiger partial charge in [0.05, 0.1) is 6.07 Å². The zero-order valence-corrected chi connectivity index (χ0v) is 13.3. The smallest absolute Gasteiger partial charge is 0.270 e. The third-order valence-electron chi connectivity index (χ3n) is 3.61. The first-order valence-electron chi connectivity index (χ1n) is 7.73. The summed E-state index contributed by atoms with van der Waals surface area (Å²) in [4.78, 5) is 12.0. The molecule has 0 spiro atoms. The number of hydrogen-bond acceptors (Lipinski definition) is 4. The largest absolute Gasteiger partial charge is 0.489 e. The van der Waals surface area contributed by atoms with Crippen molar-refractivity contribution >= 4 is 5.91 Å². The van der Waals surface area contributed by atoms with E-state index in [0.29, 0.717) is 23.6 Å². The van der Waals surface area contributed by atoms with Gasteiger partial charge in [0.15, 0.2) is 0 Å². The molecule has 2 aromatic carbocycles. The van der Waals surface area contributed by atoms with Gasteiger partial charge in [-0.1, -0.05) is 42.5 Å². The van der Waals surface area contributed by atoms with Crippen LogP contribution in [0.2, 0.25) is 0 Å². The lowest BCUT2D eigenvalue weighted by Crippen LogP contribution is -2.27. The van der Waals surface area contributed by atoms with E-state index in [1.807, 2.05) is 30.3 Å². The van der Waals surface area contributed by atoms with Gasteiger partial charge >= 0.3 is 0 Å². The van der Waals surface area contributed by atoms with E-state index in [1.165, 1.54) is 6.20 Å². The maximum absolute atomic E-state index is 12.0. The zero-order valence-electron chi connectivity index (χ0n) is 13.3. The maximum Gasteiger partial charge on any atom is 0.270 e. The van der Waals surface area contributed by atoms with Crippen LogP contribution in [0.4, 0.5) is 0 Å². The van der Waals surface area contributed by atoms with E-state index in [1.54, 1.807) is 30.3 Å².